The molecular weight excluding hydrogens is 350 g/mol. The molecule has 2 aliphatic heterocycles. The molecule has 4 nitrogen and oxygen atoms in total. The Morgan fingerprint density at radius 1 is 1.29 bits per heavy atom. The summed E-state index contributed by atoms with van der Waals surface area (Å²) in [5.41, 5.74) is 1.97. The normalized spacial score (nSPS) is 30.6. The van der Waals surface area contributed by atoms with Gasteiger partial charge in [0.1, 0.15) is 5.76 Å². The monoisotopic (exact) mass is 379 g/mol. The molecule has 4 atom stereocenters. The van der Waals surface area contributed by atoms with Crippen molar-refractivity contribution >= 4 is 5.91 Å². The topological polar surface area (TPSA) is 42.1 Å². The van der Waals surface area contributed by atoms with E-state index in [9.17, 15) is 4.79 Å². The smallest absolute Gasteiger partial charge is 0.229 e. The summed E-state index contributed by atoms with van der Waals surface area (Å²) in [5.74, 6) is 1.51. The number of benzene rings is 1. The van der Waals surface area contributed by atoms with E-state index in [1.807, 2.05) is 32.0 Å². The van der Waals surface area contributed by atoms with Gasteiger partial charge in [0.15, 0.2) is 5.72 Å². The molecule has 4 aliphatic rings. The summed E-state index contributed by atoms with van der Waals surface area (Å²) in [5, 5.41) is 0. The first-order valence-corrected chi connectivity index (χ1v) is 10.6. The van der Waals surface area contributed by atoms with Gasteiger partial charge in [-0.2, -0.15) is 0 Å². The Hall–Kier alpha value is -2.07. The van der Waals surface area contributed by atoms with Crippen LogP contribution in [0.5, 0.6) is 0 Å². The molecule has 4 unspecified atom stereocenters. The number of allylic oxidation sites excluding steroid dienone is 2. The van der Waals surface area contributed by atoms with Crippen molar-refractivity contribution < 1.29 is 14.3 Å². The average molecular weight is 380 g/mol. The van der Waals surface area contributed by atoms with E-state index in [1.54, 1.807) is 0 Å². The van der Waals surface area contributed by atoms with Crippen molar-refractivity contribution in [1.82, 2.24) is 4.90 Å². The van der Waals surface area contributed by atoms with Gasteiger partial charge in [0.25, 0.3) is 0 Å². The summed E-state index contributed by atoms with van der Waals surface area (Å²) in [7, 11) is 0. The lowest BCUT2D eigenvalue weighted by Gasteiger charge is -2.38. The van der Waals surface area contributed by atoms with Crippen molar-refractivity contribution in [2.24, 2.45) is 11.8 Å². The third-order valence-corrected chi connectivity index (χ3v) is 6.60. The van der Waals surface area contributed by atoms with E-state index in [0.717, 1.165) is 38.0 Å². The molecule has 2 fully saturated rings. The Kier molecular flexibility index (Phi) is 4.35. The Morgan fingerprint density at radius 3 is 2.82 bits per heavy atom. The molecule has 4 heteroatoms. The molecule has 2 saturated heterocycles. The number of amides is 1. The van der Waals surface area contributed by atoms with Crippen molar-refractivity contribution in [3.63, 3.8) is 0 Å². The fraction of sp³-hybridized carbons (Fsp3) is 0.542. The van der Waals surface area contributed by atoms with Crippen LogP contribution in [-0.2, 0) is 20.7 Å². The maximum absolute atomic E-state index is 13.9. The lowest BCUT2D eigenvalue weighted by Crippen LogP contribution is -2.52. The highest BCUT2D eigenvalue weighted by atomic mass is 16.6. The summed E-state index contributed by atoms with van der Waals surface area (Å²) in [6.07, 6.45) is 9.76. The zero-order chi connectivity index (χ0) is 19.3. The van der Waals surface area contributed by atoms with E-state index in [-0.39, 0.29) is 24.0 Å². The summed E-state index contributed by atoms with van der Waals surface area (Å²) in [6.45, 7) is 4.84. The van der Waals surface area contributed by atoms with Gasteiger partial charge in [0, 0.05) is 11.8 Å². The lowest BCUT2D eigenvalue weighted by atomic mass is 9.85. The van der Waals surface area contributed by atoms with E-state index in [4.69, 9.17) is 9.47 Å². The van der Waals surface area contributed by atoms with Gasteiger partial charge in [0.2, 0.25) is 5.91 Å². The van der Waals surface area contributed by atoms with Crippen molar-refractivity contribution in [3.05, 3.63) is 59.4 Å². The standard InChI is InChI=1S/C24H29NO3/c1-24(2)25(22-20-11-7-6-10-17(20)14-21(22)28-24)23(26)18(13-19-15-27-19)12-16-8-4-3-5-9-16/h3-5,8-10,14,18-20,22H,6-7,11-13,15H2,1-2H3. The number of nitrogens with zero attached hydrogens (tertiary/aromatic N) is 1. The minimum atomic E-state index is -0.601. The minimum absolute atomic E-state index is 0.0624. The number of carbonyl (C=O) groups excluding carboxylic acids is 1. The number of carbonyl (C=O) groups is 1. The molecule has 0 radical (unpaired) electrons. The van der Waals surface area contributed by atoms with Gasteiger partial charge in [-0.3, -0.25) is 9.69 Å². The largest absolute Gasteiger partial charge is 0.471 e. The maximum Gasteiger partial charge on any atom is 0.229 e. The molecule has 5 rings (SSSR count). The van der Waals surface area contributed by atoms with Crippen LogP contribution >= 0.6 is 0 Å². The molecule has 0 bridgehead atoms. The third-order valence-electron chi connectivity index (χ3n) is 6.60. The van der Waals surface area contributed by atoms with Crippen molar-refractivity contribution in [1.29, 1.82) is 0 Å². The lowest BCUT2D eigenvalue weighted by molar-refractivity contribution is -0.151. The Labute approximate surface area is 167 Å². The van der Waals surface area contributed by atoms with Crippen LogP contribution < -0.4 is 0 Å². The molecule has 1 aromatic carbocycles. The third kappa shape index (κ3) is 3.18. The van der Waals surface area contributed by atoms with Crippen LogP contribution in [0.15, 0.2) is 53.8 Å². The SMILES string of the molecule is CC1(C)OC2=CC3=CCCCC3C2N1C(=O)C(Cc1ccccc1)CC1CO1. The molecule has 148 valence electrons. The highest BCUT2D eigenvalue weighted by Crippen LogP contribution is 2.49. The zero-order valence-electron chi connectivity index (χ0n) is 16.8. The van der Waals surface area contributed by atoms with E-state index in [2.05, 4.69) is 29.2 Å². The van der Waals surface area contributed by atoms with Gasteiger partial charge in [-0.25, -0.2) is 0 Å². The number of epoxide rings is 1. The van der Waals surface area contributed by atoms with Crippen LogP contribution in [0.2, 0.25) is 0 Å². The van der Waals surface area contributed by atoms with E-state index in [1.165, 1.54) is 17.6 Å². The van der Waals surface area contributed by atoms with Gasteiger partial charge in [-0.05, 0) is 63.2 Å². The highest BCUT2D eigenvalue weighted by Gasteiger charge is 2.55. The first-order valence-electron chi connectivity index (χ1n) is 10.6. The van der Waals surface area contributed by atoms with Crippen molar-refractivity contribution in [2.45, 2.75) is 63.8 Å². The van der Waals surface area contributed by atoms with Gasteiger partial charge in [-0.1, -0.05) is 36.4 Å². The number of rotatable bonds is 5. The molecule has 2 aliphatic carbocycles. The quantitative estimate of drug-likeness (QED) is 0.719. The van der Waals surface area contributed by atoms with Crippen LogP contribution in [0.1, 0.15) is 45.1 Å². The van der Waals surface area contributed by atoms with Crippen molar-refractivity contribution in [2.75, 3.05) is 6.61 Å². The summed E-state index contributed by atoms with van der Waals surface area (Å²) in [6, 6.07) is 10.4. The van der Waals surface area contributed by atoms with Gasteiger partial charge in [-0.15, -0.1) is 0 Å². The zero-order valence-corrected chi connectivity index (χ0v) is 16.8. The van der Waals surface area contributed by atoms with E-state index >= 15 is 0 Å². The predicted octanol–water partition coefficient (Wildman–Crippen LogP) is 4.22. The van der Waals surface area contributed by atoms with Crippen molar-refractivity contribution in [3.8, 4) is 0 Å². The number of hydrogen-bond donors (Lipinski definition) is 0. The van der Waals surface area contributed by atoms with Crippen LogP contribution in [0.4, 0.5) is 0 Å². The molecule has 0 spiro atoms. The predicted molar refractivity (Wildman–Crippen MR) is 107 cm³/mol. The van der Waals surface area contributed by atoms with Crippen LogP contribution in [0.3, 0.4) is 0 Å². The van der Waals surface area contributed by atoms with Crippen LogP contribution in [-0.4, -0.2) is 35.3 Å². The van der Waals surface area contributed by atoms with Crippen LogP contribution in [0.25, 0.3) is 0 Å². The first kappa shape index (κ1) is 18.0. The van der Waals surface area contributed by atoms with E-state index < -0.39 is 5.72 Å². The molecule has 2 heterocycles. The Bertz CT molecular complexity index is 822. The molecular formula is C24H29NO3. The van der Waals surface area contributed by atoms with Gasteiger partial charge >= 0.3 is 0 Å². The summed E-state index contributed by atoms with van der Waals surface area (Å²) >= 11 is 0. The second-order valence-corrected chi connectivity index (χ2v) is 9.07. The second kappa shape index (κ2) is 6.77. The number of ether oxygens (including phenoxy) is 2. The molecule has 1 amide bonds. The fourth-order valence-electron chi connectivity index (χ4n) is 5.24. The number of fused-ring (bicyclic) bond motifs is 3. The number of hydrogen-bond acceptors (Lipinski definition) is 3. The van der Waals surface area contributed by atoms with E-state index in [0.29, 0.717) is 5.92 Å². The minimum Gasteiger partial charge on any atom is -0.471 e. The van der Waals surface area contributed by atoms with Gasteiger partial charge in [0.05, 0.1) is 18.8 Å². The highest BCUT2D eigenvalue weighted by molar-refractivity contribution is 5.81. The summed E-state index contributed by atoms with van der Waals surface area (Å²) in [4.78, 5) is 16.0. The average Bonchev–Trinajstić information content (AvgIpc) is 3.37. The first-order chi connectivity index (χ1) is 13.5. The molecule has 0 N–H and O–H groups in total. The second-order valence-electron chi connectivity index (χ2n) is 9.07. The molecule has 0 saturated carbocycles. The Morgan fingerprint density at radius 2 is 2.07 bits per heavy atom. The fourth-order valence-corrected chi connectivity index (χ4v) is 5.24. The molecule has 1 aromatic rings. The van der Waals surface area contributed by atoms with Gasteiger partial charge < -0.3 is 9.47 Å². The maximum atomic E-state index is 13.9. The summed E-state index contributed by atoms with van der Waals surface area (Å²) < 4.78 is 11.8. The molecule has 28 heavy (non-hydrogen) atoms. The Balaban J connectivity index is 1.44. The molecule has 0 aromatic heterocycles. The van der Waals surface area contributed by atoms with Crippen LogP contribution in [0, 0.1) is 11.8 Å².